The second-order valence-electron chi connectivity index (χ2n) is 9.63. The Kier molecular flexibility index (Phi) is 5.68. The Bertz CT molecular complexity index is 1330. The van der Waals surface area contributed by atoms with Crippen molar-refractivity contribution in [1.82, 2.24) is 25.0 Å². The average Bonchev–Trinajstić information content (AvgIpc) is 3.36. The van der Waals surface area contributed by atoms with Crippen LogP contribution in [0.3, 0.4) is 0 Å². The van der Waals surface area contributed by atoms with Crippen LogP contribution in [0.5, 0.6) is 11.5 Å². The summed E-state index contributed by atoms with van der Waals surface area (Å²) in [6, 6.07) is 6.74. The number of amides is 1. The molecule has 1 fully saturated rings. The van der Waals surface area contributed by atoms with Gasteiger partial charge in [0, 0.05) is 50.4 Å². The number of ether oxygens (including phenoxy) is 2. The Morgan fingerprint density at radius 3 is 2.74 bits per heavy atom. The number of carbonyl (C=O) groups excluding carboxylic acids is 2. The molecule has 2 N–H and O–H groups in total. The Morgan fingerprint density at radius 1 is 1.23 bits per heavy atom. The number of carbonyl (C=O) groups is 2. The lowest BCUT2D eigenvalue weighted by molar-refractivity contribution is 0.0138. The summed E-state index contributed by atoms with van der Waals surface area (Å²) in [4.78, 5) is 33.4. The van der Waals surface area contributed by atoms with Crippen LogP contribution in [0.1, 0.15) is 42.4 Å². The average molecular weight is 478 g/mol. The van der Waals surface area contributed by atoms with Gasteiger partial charge in [-0.2, -0.15) is 5.10 Å². The molecule has 3 aromatic rings. The first-order valence-electron chi connectivity index (χ1n) is 11.5. The fourth-order valence-electron chi connectivity index (χ4n) is 4.20. The highest BCUT2D eigenvalue weighted by Crippen LogP contribution is 2.40. The molecule has 0 bridgehead atoms. The molecule has 1 aromatic carbocycles. The smallest absolute Gasteiger partial charge is 0.410 e. The number of nitrogens with zero attached hydrogens (tertiary/aromatic N) is 4. The number of phenols is 1. The van der Waals surface area contributed by atoms with Crippen LogP contribution < -0.4 is 4.74 Å². The molecular weight excluding hydrogens is 450 g/mol. The van der Waals surface area contributed by atoms with Gasteiger partial charge in [0.05, 0.1) is 16.8 Å². The Balaban J connectivity index is 1.32. The predicted octanol–water partition coefficient (Wildman–Crippen LogP) is 3.33. The van der Waals surface area contributed by atoms with Crippen LogP contribution >= 0.6 is 0 Å². The molecular formula is C25H27N5O5. The van der Waals surface area contributed by atoms with E-state index in [2.05, 4.69) is 20.1 Å². The van der Waals surface area contributed by atoms with E-state index in [0.29, 0.717) is 60.9 Å². The Labute approximate surface area is 202 Å². The second kappa shape index (κ2) is 8.70. The van der Waals surface area contributed by atoms with Gasteiger partial charge in [-0.3, -0.25) is 14.8 Å². The minimum absolute atomic E-state index is 0.0572. The molecule has 10 heteroatoms. The zero-order chi connectivity index (χ0) is 24.7. The first-order valence-corrected chi connectivity index (χ1v) is 11.5. The van der Waals surface area contributed by atoms with Crippen molar-refractivity contribution in [3.63, 3.8) is 0 Å². The van der Waals surface area contributed by atoms with Crippen molar-refractivity contribution in [2.75, 3.05) is 26.2 Å². The maximum Gasteiger partial charge on any atom is 0.410 e. The lowest BCUT2D eigenvalue weighted by Crippen LogP contribution is -2.49. The number of ketones is 1. The molecule has 0 spiro atoms. The lowest BCUT2D eigenvalue weighted by Gasteiger charge is -2.35. The molecule has 5 rings (SSSR count). The van der Waals surface area contributed by atoms with Crippen molar-refractivity contribution in [1.29, 1.82) is 0 Å². The number of hydrogen-bond donors (Lipinski definition) is 2. The van der Waals surface area contributed by atoms with E-state index in [1.807, 2.05) is 26.8 Å². The summed E-state index contributed by atoms with van der Waals surface area (Å²) in [6.07, 6.45) is 2.92. The van der Waals surface area contributed by atoms with Crippen LogP contribution in [0.4, 0.5) is 4.79 Å². The molecule has 0 saturated carbocycles. The molecule has 10 nitrogen and oxygen atoms in total. The van der Waals surface area contributed by atoms with Crippen LogP contribution in [0.15, 0.2) is 36.2 Å². The number of H-pyrrole nitrogens is 1. The minimum Gasteiger partial charge on any atom is -0.507 e. The van der Waals surface area contributed by atoms with Gasteiger partial charge in [-0.25, -0.2) is 9.78 Å². The molecule has 0 atom stereocenters. The summed E-state index contributed by atoms with van der Waals surface area (Å²) in [5, 5.41) is 18.4. The highest BCUT2D eigenvalue weighted by Gasteiger charge is 2.33. The number of hydrogen-bond acceptors (Lipinski definition) is 8. The number of aromatic hydroxyl groups is 1. The molecule has 0 aliphatic carbocycles. The maximum atomic E-state index is 13.0. The molecule has 2 aromatic heterocycles. The number of piperazine rings is 1. The number of allylic oxidation sites excluding steroid dienone is 1. The van der Waals surface area contributed by atoms with Crippen LogP contribution in [0.2, 0.25) is 0 Å². The van der Waals surface area contributed by atoms with Crippen LogP contribution in [-0.2, 0) is 11.3 Å². The zero-order valence-electron chi connectivity index (χ0n) is 19.9. The number of pyridine rings is 1. The van der Waals surface area contributed by atoms with Gasteiger partial charge in [0.1, 0.15) is 17.1 Å². The first-order chi connectivity index (χ1) is 16.7. The number of aromatic amines is 1. The van der Waals surface area contributed by atoms with Crippen molar-refractivity contribution < 1.29 is 24.2 Å². The van der Waals surface area contributed by atoms with Gasteiger partial charge in [0.25, 0.3) is 0 Å². The minimum atomic E-state index is -0.543. The molecule has 2 aliphatic rings. The van der Waals surface area contributed by atoms with E-state index in [-0.39, 0.29) is 23.4 Å². The molecule has 35 heavy (non-hydrogen) atoms. The van der Waals surface area contributed by atoms with Crippen molar-refractivity contribution in [2.45, 2.75) is 32.9 Å². The number of phenolic OH excluding ortho intramolecular Hbond substituents is 1. The van der Waals surface area contributed by atoms with E-state index in [1.165, 1.54) is 6.07 Å². The number of Topliss-reactive ketones (excluding diaryl/α,β-unsaturated/α-hetero) is 1. The van der Waals surface area contributed by atoms with E-state index < -0.39 is 5.60 Å². The van der Waals surface area contributed by atoms with Crippen LogP contribution in [0.25, 0.3) is 17.1 Å². The largest absolute Gasteiger partial charge is 0.507 e. The maximum absolute atomic E-state index is 13.0. The number of fused-ring (bicyclic) bond motifs is 2. The normalized spacial score (nSPS) is 17.6. The lowest BCUT2D eigenvalue weighted by atomic mass is 10.0. The quantitative estimate of drug-likeness (QED) is 0.551. The first kappa shape index (κ1) is 22.9. The van der Waals surface area contributed by atoms with Gasteiger partial charge in [-0.1, -0.05) is 0 Å². The monoisotopic (exact) mass is 477 g/mol. The summed E-state index contributed by atoms with van der Waals surface area (Å²) < 4.78 is 11.4. The van der Waals surface area contributed by atoms with Gasteiger partial charge in [0.2, 0.25) is 5.78 Å². The highest BCUT2D eigenvalue weighted by molar-refractivity contribution is 6.15. The van der Waals surface area contributed by atoms with Crippen molar-refractivity contribution in [2.24, 2.45) is 0 Å². The van der Waals surface area contributed by atoms with Crippen molar-refractivity contribution >= 4 is 29.0 Å². The van der Waals surface area contributed by atoms with Crippen molar-refractivity contribution in [3.05, 3.63) is 53.0 Å². The van der Waals surface area contributed by atoms with Gasteiger partial charge in [0.15, 0.2) is 11.4 Å². The number of benzene rings is 1. The summed E-state index contributed by atoms with van der Waals surface area (Å²) >= 11 is 0. The third kappa shape index (κ3) is 4.57. The predicted molar refractivity (Wildman–Crippen MR) is 128 cm³/mol. The van der Waals surface area contributed by atoms with Crippen LogP contribution in [0, 0.1) is 0 Å². The Hall–Kier alpha value is -3.92. The second-order valence-corrected chi connectivity index (χ2v) is 9.63. The molecule has 182 valence electrons. The summed E-state index contributed by atoms with van der Waals surface area (Å²) in [5.41, 5.74) is 1.56. The number of aromatic nitrogens is 3. The third-order valence-electron chi connectivity index (χ3n) is 5.96. The summed E-state index contributed by atoms with van der Waals surface area (Å²) in [7, 11) is 0. The number of rotatable bonds is 3. The molecule has 0 unspecified atom stereocenters. The molecule has 2 aliphatic heterocycles. The fourth-order valence-corrected chi connectivity index (χ4v) is 4.20. The Morgan fingerprint density at radius 2 is 2.00 bits per heavy atom. The summed E-state index contributed by atoms with van der Waals surface area (Å²) in [5.74, 6) is 0.283. The van der Waals surface area contributed by atoms with E-state index in [9.17, 15) is 14.7 Å². The topological polar surface area (TPSA) is 121 Å². The molecule has 1 amide bonds. The third-order valence-corrected chi connectivity index (χ3v) is 5.96. The van der Waals surface area contributed by atoms with Gasteiger partial charge >= 0.3 is 6.09 Å². The molecule has 1 saturated heterocycles. The highest BCUT2D eigenvalue weighted by atomic mass is 16.6. The van der Waals surface area contributed by atoms with Gasteiger partial charge in [-0.05, 0) is 45.0 Å². The molecule has 4 heterocycles. The SMILES string of the molecule is CC(C)(C)OC(=O)N1CCN(Cc2c(O)ccc3c2O/C(=C\c2n[nH]c4ncccc24)C3=O)CC1. The number of nitrogens with one attached hydrogen (secondary N) is 1. The zero-order valence-corrected chi connectivity index (χ0v) is 19.9. The fraction of sp³-hybridized carbons (Fsp3) is 0.360. The standard InChI is InChI=1S/C25H27N5O5/c1-25(2,3)35-24(33)30-11-9-29(10-12-30)14-17-19(31)7-6-16-21(32)20(34-22(16)17)13-18-15-5-4-8-26-23(15)28-27-18/h4-8,13,31H,9-12,14H2,1-3H3,(H,26,27,28)/b20-13-. The van der Waals surface area contributed by atoms with E-state index >= 15 is 0 Å². The van der Waals surface area contributed by atoms with Crippen LogP contribution in [-0.4, -0.2) is 73.7 Å². The van der Waals surface area contributed by atoms with E-state index in [4.69, 9.17) is 9.47 Å². The van der Waals surface area contributed by atoms with Gasteiger partial charge in [-0.15, -0.1) is 0 Å². The summed E-state index contributed by atoms with van der Waals surface area (Å²) in [6.45, 7) is 8.13. The van der Waals surface area contributed by atoms with Crippen molar-refractivity contribution in [3.8, 4) is 11.5 Å². The molecule has 0 radical (unpaired) electrons. The van der Waals surface area contributed by atoms with E-state index in [1.54, 1.807) is 29.3 Å². The van der Waals surface area contributed by atoms with Gasteiger partial charge < -0.3 is 19.5 Å². The van der Waals surface area contributed by atoms with E-state index in [0.717, 1.165) is 5.39 Å².